The zero-order valence-electron chi connectivity index (χ0n) is 15.6. The molecule has 1 aromatic carbocycles. The Morgan fingerprint density at radius 3 is 2.56 bits per heavy atom. The number of nitro benzene ring substituents is 1. The van der Waals surface area contributed by atoms with Gasteiger partial charge < -0.3 is 9.80 Å². The van der Waals surface area contributed by atoms with Crippen LogP contribution in [0.4, 0.5) is 11.4 Å². The molecule has 0 saturated carbocycles. The lowest BCUT2D eigenvalue weighted by atomic mass is 9.94. The number of fused-ring (bicyclic) bond motifs is 1. The van der Waals surface area contributed by atoms with E-state index >= 15 is 0 Å². The molecule has 0 spiro atoms. The van der Waals surface area contributed by atoms with Crippen molar-refractivity contribution in [2.24, 2.45) is 5.92 Å². The average molecular weight is 368 g/mol. The highest BCUT2D eigenvalue weighted by Crippen LogP contribution is 2.34. The summed E-state index contributed by atoms with van der Waals surface area (Å²) in [5, 5.41) is 12.2. The number of likely N-dealkylation sites (tertiary alicyclic amines) is 1. The number of benzene rings is 1. The van der Waals surface area contributed by atoms with Crippen LogP contribution in [-0.4, -0.2) is 46.9 Å². The molecule has 1 aromatic heterocycles. The Balaban J connectivity index is 1.58. The molecule has 0 bridgehead atoms. The smallest absolute Gasteiger partial charge is 0.295 e. The van der Waals surface area contributed by atoms with Crippen molar-refractivity contribution < 1.29 is 9.72 Å². The topological polar surface area (TPSA) is 79.6 Å². The van der Waals surface area contributed by atoms with Gasteiger partial charge in [0.2, 0.25) is 5.91 Å². The third-order valence-corrected chi connectivity index (χ3v) is 5.72. The van der Waals surface area contributed by atoms with Gasteiger partial charge >= 0.3 is 0 Å². The number of nitrogens with zero attached hydrogens (tertiary/aromatic N) is 4. The van der Waals surface area contributed by atoms with Gasteiger partial charge in [0, 0.05) is 54.9 Å². The van der Waals surface area contributed by atoms with Crippen LogP contribution in [0, 0.1) is 23.0 Å². The number of anilines is 1. The Morgan fingerprint density at radius 2 is 1.89 bits per heavy atom. The molecule has 2 aliphatic heterocycles. The van der Waals surface area contributed by atoms with Gasteiger partial charge in [0.1, 0.15) is 0 Å². The van der Waals surface area contributed by atoms with E-state index < -0.39 is 0 Å². The van der Waals surface area contributed by atoms with Crippen LogP contribution in [0.15, 0.2) is 24.3 Å². The predicted molar refractivity (Wildman–Crippen MR) is 104 cm³/mol. The van der Waals surface area contributed by atoms with Crippen LogP contribution in [0.2, 0.25) is 0 Å². The Kier molecular flexibility index (Phi) is 4.68. The minimum atomic E-state index is -0.375. The molecule has 0 radical (unpaired) electrons. The van der Waals surface area contributed by atoms with Crippen molar-refractivity contribution in [2.45, 2.75) is 32.6 Å². The number of aryl methyl sites for hydroxylation is 1. The molecule has 2 saturated heterocycles. The Bertz CT molecular complexity index is 884. The van der Waals surface area contributed by atoms with Crippen LogP contribution in [0.25, 0.3) is 10.9 Å². The summed E-state index contributed by atoms with van der Waals surface area (Å²) in [5.74, 6) is 0.404. The Labute approximate surface area is 158 Å². The number of pyridine rings is 1. The zero-order chi connectivity index (χ0) is 19.0. The molecule has 2 fully saturated rings. The van der Waals surface area contributed by atoms with Crippen molar-refractivity contribution in [2.75, 3.05) is 31.1 Å². The molecule has 0 unspecified atom stereocenters. The maximum absolute atomic E-state index is 12.7. The minimum absolute atomic E-state index is 0.0385. The molecule has 0 aliphatic carbocycles. The molecular formula is C20H24N4O3. The first-order valence-electron chi connectivity index (χ1n) is 9.63. The monoisotopic (exact) mass is 368 g/mol. The summed E-state index contributed by atoms with van der Waals surface area (Å²) in [6, 6.07) is 7.10. The quantitative estimate of drug-likeness (QED) is 0.613. The molecule has 0 atom stereocenters. The summed E-state index contributed by atoms with van der Waals surface area (Å²) in [4.78, 5) is 32.3. The van der Waals surface area contributed by atoms with E-state index in [9.17, 15) is 14.9 Å². The molecular weight excluding hydrogens is 344 g/mol. The number of non-ortho nitro benzene ring substituents is 1. The number of hydrogen-bond donors (Lipinski definition) is 0. The van der Waals surface area contributed by atoms with E-state index in [1.54, 1.807) is 6.07 Å². The van der Waals surface area contributed by atoms with Crippen molar-refractivity contribution in [1.82, 2.24) is 9.88 Å². The lowest BCUT2D eigenvalue weighted by Crippen LogP contribution is -2.41. The predicted octanol–water partition coefficient (Wildman–Crippen LogP) is 3.29. The first-order chi connectivity index (χ1) is 13.0. The van der Waals surface area contributed by atoms with Gasteiger partial charge in [-0.25, -0.2) is 4.98 Å². The van der Waals surface area contributed by atoms with Gasteiger partial charge in [-0.3, -0.25) is 14.9 Å². The molecule has 2 aliphatic rings. The van der Waals surface area contributed by atoms with Crippen molar-refractivity contribution in [3.63, 3.8) is 0 Å². The number of nitro groups is 1. The van der Waals surface area contributed by atoms with Gasteiger partial charge in [-0.05, 0) is 38.7 Å². The van der Waals surface area contributed by atoms with Gasteiger partial charge in [0.15, 0.2) is 5.52 Å². The summed E-state index contributed by atoms with van der Waals surface area (Å²) in [7, 11) is 0. The normalized spacial score (nSPS) is 18.3. The van der Waals surface area contributed by atoms with Gasteiger partial charge in [0.05, 0.1) is 4.92 Å². The van der Waals surface area contributed by atoms with E-state index in [1.165, 1.54) is 6.07 Å². The van der Waals surface area contributed by atoms with Crippen LogP contribution in [0.5, 0.6) is 0 Å². The van der Waals surface area contributed by atoms with E-state index in [0.717, 1.165) is 68.6 Å². The maximum atomic E-state index is 12.7. The lowest BCUT2D eigenvalue weighted by Gasteiger charge is -2.35. The minimum Gasteiger partial charge on any atom is -0.371 e. The van der Waals surface area contributed by atoms with Crippen LogP contribution in [0.1, 0.15) is 31.4 Å². The van der Waals surface area contributed by atoms with E-state index in [4.69, 9.17) is 0 Å². The Hall–Kier alpha value is -2.70. The molecule has 3 heterocycles. The highest BCUT2D eigenvalue weighted by atomic mass is 16.6. The molecule has 0 N–H and O–H groups in total. The zero-order valence-corrected chi connectivity index (χ0v) is 15.6. The second-order valence-electron chi connectivity index (χ2n) is 7.51. The standard InChI is InChI=1S/C20H24N4O3/c1-14-13-18(16-5-4-6-17(24(26)27)19(16)21-14)22-11-7-15(8-12-22)20(25)23-9-2-3-10-23/h4-6,13,15H,2-3,7-12H2,1H3. The fourth-order valence-electron chi connectivity index (χ4n) is 4.31. The largest absolute Gasteiger partial charge is 0.371 e. The second-order valence-corrected chi connectivity index (χ2v) is 7.51. The van der Waals surface area contributed by atoms with Crippen LogP contribution >= 0.6 is 0 Å². The van der Waals surface area contributed by atoms with E-state index in [-0.39, 0.29) is 16.5 Å². The highest BCUT2D eigenvalue weighted by Gasteiger charge is 2.30. The number of amides is 1. The molecule has 7 heteroatoms. The number of carbonyl (C=O) groups is 1. The third-order valence-electron chi connectivity index (χ3n) is 5.72. The number of carbonyl (C=O) groups excluding carboxylic acids is 1. The summed E-state index contributed by atoms with van der Waals surface area (Å²) in [6.45, 7) is 5.23. The summed E-state index contributed by atoms with van der Waals surface area (Å²) >= 11 is 0. The van der Waals surface area contributed by atoms with E-state index in [2.05, 4.69) is 9.88 Å². The number of rotatable bonds is 3. The molecule has 2 aromatic rings. The first-order valence-corrected chi connectivity index (χ1v) is 9.63. The number of para-hydroxylation sites is 1. The third kappa shape index (κ3) is 3.34. The summed E-state index contributed by atoms with van der Waals surface area (Å²) in [5.41, 5.74) is 2.22. The maximum Gasteiger partial charge on any atom is 0.295 e. The van der Waals surface area contributed by atoms with E-state index in [1.807, 2.05) is 24.0 Å². The number of aromatic nitrogens is 1. The van der Waals surface area contributed by atoms with Gasteiger partial charge in [-0.1, -0.05) is 12.1 Å². The summed E-state index contributed by atoms with van der Waals surface area (Å²) in [6.07, 6.45) is 3.89. The van der Waals surface area contributed by atoms with E-state index in [0.29, 0.717) is 11.4 Å². The van der Waals surface area contributed by atoms with Gasteiger partial charge in [-0.2, -0.15) is 0 Å². The fourth-order valence-corrected chi connectivity index (χ4v) is 4.31. The lowest BCUT2D eigenvalue weighted by molar-refractivity contribution is -0.383. The number of hydrogen-bond acceptors (Lipinski definition) is 5. The number of piperidine rings is 1. The van der Waals surface area contributed by atoms with Crippen LogP contribution in [-0.2, 0) is 4.79 Å². The summed E-state index contributed by atoms with van der Waals surface area (Å²) < 4.78 is 0. The molecule has 4 rings (SSSR count). The van der Waals surface area contributed by atoms with Crippen molar-refractivity contribution in [1.29, 1.82) is 0 Å². The van der Waals surface area contributed by atoms with Crippen molar-refractivity contribution >= 4 is 28.2 Å². The van der Waals surface area contributed by atoms with Gasteiger partial charge in [-0.15, -0.1) is 0 Å². The molecule has 142 valence electrons. The molecule has 1 amide bonds. The molecule has 27 heavy (non-hydrogen) atoms. The second kappa shape index (κ2) is 7.13. The van der Waals surface area contributed by atoms with Crippen molar-refractivity contribution in [3.8, 4) is 0 Å². The molecule has 7 nitrogen and oxygen atoms in total. The van der Waals surface area contributed by atoms with Gasteiger partial charge in [0.25, 0.3) is 5.69 Å². The average Bonchev–Trinajstić information content (AvgIpc) is 3.21. The highest BCUT2D eigenvalue weighted by molar-refractivity contribution is 5.97. The Morgan fingerprint density at radius 1 is 1.19 bits per heavy atom. The SMILES string of the molecule is Cc1cc(N2CCC(C(=O)N3CCCC3)CC2)c2cccc([N+](=O)[O-])c2n1. The van der Waals surface area contributed by atoms with Crippen LogP contribution in [0.3, 0.4) is 0 Å². The first kappa shape index (κ1) is 17.7. The fraction of sp³-hybridized carbons (Fsp3) is 0.500. The van der Waals surface area contributed by atoms with Crippen molar-refractivity contribution in [3.05, 3.63) is 40.1 Å². The van der Waals surface area contributed by atoms with Crippen LogP contribution < -0.4 is 4.90 Å².